The Bertz CT molecular complexity index is 325. The van der Waals surface area contributed by atoms with Crippen molar-refractivity contribution in [3.63, 3.8) is 0 Å². The van der Waals surface area contributed by atoms with E-state index in [0.717, 1.165) is 25.1 Å². The van der Waals surface area contributed by atoms with Crippen molar-refractivity contribution in [1.82, 2.24) is 15.1 Å². The molecule has 1 aromatic heterocycles. The summed E-state index contributed by atoms with van der Waals surface area (Å²) >= 11 is 1.90. The fourth-order valence-electron chi connectivity index (χ4n) is 1.91. The van der Waals surface area contributed by atoms with Gasteiger partial charge in [0.05, 0.1) is 5.69 Å². The van der Waals surface area contributed by atoms with Crippen molar-refractivity contribution < 1.29 is 0 Å². The van der Waals surface area contributed by atoms with Crippen molar-refractivity contribution in [3.8, 4) is 0 Å². The van der Waals surface area contributed by atoms with E-state index in [1.54, 1.807) is 0 Å². The fourth-order valence-corrected chi connectivity index (χ4v) is 2.55. The van der Waals surface area contributed by atoms with Gasteiger partial charge in [-0.2, -0.15) is 16.9 Å². The maximum atomic E-state index is 4.68. The Morgan fingerprint density at radius 2 is 2.22 bits per heavy atom. The Kier molecular flexibility index (Phi) is 7.44. The molecule has 1 aromatic rings. The monoisotopic (exact) mass is 269 g/mol. The molecule has 4 heteroatoms. The highest BCUT2D eigenvalue weighted by atomic mass is 32.2. The lowest BCUT2D eigenvalue weighted by molar-refractivity contribution is 0.468. The average Bonchev–Trinajstić information content (AvgIpc) is 2.83. The summed E-state index contributed by atoms with van der Waals surface area (Å²) in [4.78, 5) is 0. The highest BCUT2D eigenvalue weighted by Gasteiger charge is 2.11. The third kappa shape index (κ3) is 5.02. The van der Waals surface area contributed by atoms with Crippen molar-refractivity contribution in [2.75, 3.05) is 18.6 Å². The highest BCUT2D eigenvalue weighted by molar-refractivity contribution is 7.98. The van der Waals surface area contributed by atoms with Crippen LogP contribution in [0.3, 0.4) is 0 Å². The minimum absolute atomic E-state index is 0.501. The molecule has 2 unspecified atom stereocenters. The SMILES string of the molecule is CCCNC(CSC)Cc1ccn(C(C)CC)n1. The zero-order valence-electron chi connectivity index (χ0n) is 12.1. The second kappa shape index (κ2) is 8.59. The Labute approximate surface area is 116 Å². The third-order valence-corrected chi connectivity index (χ3v) is 3.95. The van der Waals surface area contributed by atoms with Gasteiger partial charge < -0.3 is 5.32 Å². The van der Waals surface area contributed by atoms with Crippen LogP contribution in [0.1, 0.15) is 45.3 Å². The molecular weight excluding hydrogens is 242 g/mol. The minimum Gasteiger partial charge on any atom is -0.313 e. The molecule has 1 rings (SSSR count). The number of rotatable bonds is 9. The molecule has 1 heterocycles. The maximum absolute atomic E-state index is 4.68. The molecular formula is C14H27N3S. The number of thioether (sulfide) groups is 1. The van der Waals surface area contributed by atoms with E-state index in [1.807, 2.05) is 11.8 Å². The Morgan fingerprint density at radius 1 is 1.44 bits per heavy atom. The predicted octanol–water partition coefficient (Wildman–Crippen LogP) is 3.13. The standard InChI is InChI=1S/C14H27N3S/c1-5-8-15-14(11-18-4)10-13-7-9-17(16-13)12(3)6-2/h7,9,12,14-15H,5-6,8,10-11H2,1-4H3. The van der Waals surface area contributed by atoms with E-state index in [2.05, 4.69) is 54.4 Å². The van der Waals surface area contributed by atoms with Crippen LogP contribution in [0.4, 0.5) is 0 Å². The molecule has 104 valence electrons. The normalized spacial score (nSPS) is 14.7. The molecule has 0 aromatic carbocycles. The van der Waals surface area contributed by atoms with Gasteiger partial charge >= 0.3 is 0 Å². The molecule has 0 amide bonds. The molecule has 0 aliphatic rings. The first kappa shape index (κ1) is 15.6. The van der Waals surface area contributed by atoms with Gasteiger partial charge in [-0.15, -0.1) is 0 Å². The van der Waals surface area contributed by atoms with E-state index in [1.165, 1.54) is 12.1 Å². The van der Waals surface area contributed by atoms with Crippen LogP contribution in [-0.2, 0) is 6.42 Å². The quantitative estimate of drug-likeness (QED) is 0.747. The van der Waals surface area contributed by atoms with Crippen LogP contribution in [0.5, 0.6) is 0 Å². The largest absolute Gasteiger partial charge is 0.313 e. The average molecular weight is 269 g/mol. The number of aromatic nitrogens is 2. The zero-order chi connectivity index (χ0) is 13.4. The summed E-state index contributed by atoms with van der Waals surface area (Å²) in [6.07, 6.45) is 7.62. The van der Waals surface area contributed by atoms with Gasteiger partial charge in [-0.05, 0) is 38.6 Å². The van der Waals surface area contributed by atoms with Gasteiger partial charge in [0.2, 0.25) is 0 Å². The van der Waals surface area contributed by atoms with E-state index >= 15 is 0 Å². The van der Waals surface area contributed by atoms with Crippen molar-refractivity contribution >= 4 is 11.8 Å². The lowest BCUT2D eigenvalue weighted by atomic mass is 10.2. The Hall–Kier alpha value is -0.480. The summed E-state index contributed by atoms with van der Waals surface area (Å²) < 4.78 is 2.09. The van der Waals surface area contributed by atoms with Crippen LogP contribution in [0.25, 0.3) is 0 Å². The summed E-state index contributed by atoms with van der Waals surface area (Å²) in [5, 5.41) is 8.28. The first-order chi connectivity index (χ1) is 8.71. The van der Waals surface area contributed by atoms with Gasteiger partial charge in [-0.1, -0.05) is 13.8 Å². The van der Waals surface area contributed by atoms with Gasteiger partial charge in [0.25, 0.3) is 0 Å². The van der Waals surface area contributed by atoms with Crippen molar-refractivity contribution in [2.45, 2.75) is 52.1 Å². The zero-order valence-corrected chi connectivity index (χ0v) is 13.0. The van der Waals surface area contributed by atoms with E-state index < -0.39 is 0 Å². The molecule has 0 saturated carbocycles. The summed E-state index contributed by atoms with van der Waals surface area (Å²) in [7, 11) is 0. The lowest BCUT2D eigenvalue weighted by Gasteiger charge is -2.16. The van der Waals surface area contributed by atoms with Gasteiger partial charge in [0, 0.05) is 30.5 Å². The second-order valence-electron chi connectivity index (χ2n) is 4.85. The lowest BCUT2D eigenvalue weighted by Crippen LogP contribution is -2.34. The first-order valence-corrected chi connectivity index (χ1v) is 8.36. The summed E-state index contributed by atoms with van der Waals surface area (Å²) in [5.41, 5.74) is 1.21. The molecule has 0 saturated heterocycles. The smallest absolute Gasteiger partial charge is 0.0640 e. The molecule has 0 radical (unpaired) electrons. The van der Waals surface area contributed by atoms with Crippen molar-refractivity contribution in [3.05, 3.63) is 18.0 Å². The molecule has 18 heavy (non-hydrogen) atoms. The van der Waals surface area contributed by atoms with Gasteiger partial charge in [0.1, 0.15) is 0 Å². The van der Waals surface area contributed by atoms with Crippen LogP contribution in [0, 0.1) is 0 Å². The third-order valence-electron chi connectivity index (χ3n) is 3.21. The first-order valence-electron chi connectivity index (χ1n) is 6.97. The van der Waals surface area contributed by atoms with Crippen LogP contribution in [0.2, 0.25) is 0 Å². The number of nitrogens with one attached hydrogen (secondary N) is 1. The summed E-state index contributed by atoms with van der Waals surface area (Å²) in [6.45, 7) is 7.72. The fraction of sp³-hybridized carbons (Fsp3) is 0.786. The molecule has 0 aliphatic carbocycles. The van der Waals surface area contributed by atoms with E-state index in [-0.39, 0.29) is 0 Å². The summed E-state index contributed by atoms with van der Waals surface area (Å²) in [6, 6.07) is 3.20. The maximum Gasteiger partial charge on any atom is 0.0640 e. The number of nitrogens with zero attached hydrogens (tertiary/aromatic N) is 2. The Morgan fingerprint density at radius 3 is 2.83 bits per heavy atom. The minimum atomic E-state index is 0.501. The van der Waals surface area contributed by atoms with Crippen LogP contribution in [0.15, 0.2) is 12.3 Å². The van der Waals surface area contributed by atoms with E-state index in [0.29, 0.717) is 12.1 Å². The van der Waals surface area contributed by atoms with Gasteiger partial charge in [0.15, 0.2) is 0 Å². The topological polar surface area (TPSA) is 29.9 Å². The van der Waals surface area contributed by atoms with E-state index in [9.17, 15) is 0 Å². The highest BCUT2D eigenvalue weighted by Crippen LogP contribution is 2.11. The molecule has 0 aliphatic heterocycles. The van der Waals surface area contributed by atoms with Gasteiger partial charge in [-0.3, -0.25) is 4.68 Å². The Balaban J connectivity index is 2.54. The number of hydrogen-bond donors (Lipinski definition) is 1. The molecule has 0 bridgehead atoms. The number of hydrogen-bond acceptors (Lipinski definition) is 3. The van der Waals surface area contributed by atoms with Crippen molar-refractivity contribution in [1.29, 1.82) is 0 Å². The summed E-state index contributed by atoms with van der Waals surface area (Å²) in [5.74, 6) is 1.15. The van der Waals surface area contributed by atoms with Crippen LogP contribution in [-0.4, -0.2) is 34.4 Å². The van der Waals surface area contributed by atoms with E-state index in [4.69, 9.17) is 0 Å². The van der Waals surface area contributed by atoms with Crippen molar-refractivity contribution in [2.24, 2.45) is 0 Å². The molecule has 2 atom stereocenters. The molecule has 0 spiro atoms. The van der Waals surface area contributed by atoms with Gasteiger partial charge in [-0.25, -0.2) is 0 Å². The van der Waals surface area contributed by atoms with Crippen LogP contribution < -0.4 is 5.32 Å². The molecule has 0 fully saturated rings. The van der Waals surface area contributed by atoms with Crippen LogP contribution >= 0.6 is 11.8 Å². The molecule has 1 N–H and O–H groups in total. The molecule has 3 nitrogen and oxygen atoms in total. The second-order valence-corrected chi connectivity index (χ2v) is 5.77. The predicted molar refractivity (Wildman–Crippen MR) is 81.4 cm³/mol.